The first-order valence-corrected chi connectivity index (χ1v) is 7.06. The maximum Gasteiger partial charge on any atom is 0.0957 e. The normalized spacial score (nSPS) is 12.7. The van der Waals surface area contributed by atoms with Crippen molar-refractivity contribution < 1.29 is 0 Å². The Bertz CT molecular complexity index is 672. The van der Waals surface area contributed by atoms with E-state index in [-0.39, 0.29) is 6.04 Å². The van der Waals surface area contributed by atoms with Crippen LogP contribution in [0.3, 0.4) is 0 Å². The van der Waals surface area contributed by atoms with Crippen molar-refractivity contribution >= 4 is 21.6 Å². The first-order chi connectivity index (χ1) is 9.22. The molecule has 0 aliphatic rings. The summed E-state index contributed by atoms with van der Waals surface area (Å²) in [5.74, 6) is 0. The Labute approximate surface area is 116 Å². The number of aryl methyl sites for hydroxylation is 1. The van der Waals surface area contributed by atoms with Gasteiger partial charge in [0.1, 0.15) is 0 Å². The lowest BCUT2D eigenvalue weighted by Crippen LogP contribution is -2.13. The summed E-state index contributed by atoms with van der Waals surface area (Å²) in [5, 5.41) is 1.09. The van der Waals surface area contributed by atoms with Gasteiger partial charge < -0.3 is 5.73 Å². The van der Waals surface area contributed by atoms with Crippen LogP contribution in [0.4, 0.5) is 0 Å². The zero-order valence-electron chi connectivity index (χ0n) is 10.7. The van der Waals surface area contributed by atoms with Gasteiger partial charge in [0.05, 0.1) is 15.2 Å². The smallest absolute Gasteiger partial charge is 0.0957 e. The number of thiazole rings is 1. The van der Waals surface area contributed by atoms with Crippen LogP contribution in [-0.2, 0) is 6.42 Å². The summed E-state index contributed by atoms with van der Waals surface area (Å²) >= 11 is 1.72. The van der Waals surface area contributed by atoms with Crippen molar-refractivity contribution in [3.8, 4) is 0 Å². The third-order valence-electron chi connectivity index (χ3n) is 3.08. The summed E-state index contributed by atoms with van der Waals surface area (Å²) < 4.78 is 1.22. The lowest BCUT2D eigenvalue weighted by molar-refractivity contribution is 0.716. The Morgan fingerprint density at radius 1 is 1.26 bits per heavy atom. The van der Waals surface area contributed by atoms with Crippen LogP contribution in [0.2, 0.25) is 0 Å². The molecule has 1 atom stereocenters. The van der Waals surface area contributed by atoms with Gasteiger partial charge in [0.15, 0.2) is 0 Å². The summed E-state index contributed by atoms with van der Waals surface area (Å²) in [7, 11) is 0. The minimum absolute atomic E-state index is 0.0257. The Balaban J connectivity index is 1.84. The first-order valence-electron chi connectivity index (χ1n) is 6.25. The number of rotatable bonds is 3. The molecule has 0 saturated carbocycles. The predicted molar refractivity (Wildman–Crippen MR) is 79.2 cm³/mol. The van der Waals surface area contributed by atoms with Crippen molar-refractivity contribution in [2.45, 2.75) is 19.4 Å². The number of para-hydroxylation sites is 1. The molecule has 2 aromatic heterocycles. The molecule has 3 rings (SSSR count). The van der Waals surface area contributed by atoms with Gasteiger partial charge in [-0.1, -0.05) is 12.1 Å². The minimum Gasteiger partial charge on any atom is -0.324 e. The van der Waals surface area contributed by atoms with Crippen LogP contribution in [0.15, 0.2) is 42.6 Å². The number of nitrogens with two attached hydrogens (primary N) is 1. The molecule has 2 N–H and O–H groups in total. The second-order valence-corrected chi connectivity index (χ2v) is 5.73. The summed E-state index contributed by atoms with van der Waals surface area (Å²) in [6.07, 6.45) is 2.58. The largest absolute Gasteiger partial charge is 0.324 e. The van der Waals surface area contributed by atoms with E-state index in [9.17, 15) is 0 Å². The second-order valence-electron chi connectivity index (χ2n) is 4.62. The monoisotopic (exact) mass is 269 g/mol. The molecule has 1 unspecified atom stereocenters. The maximum atomic E-state index is 6.26. The molecule has 0 radical (unpaired) electrons. The molecule has 0 spiro atoms. The van der Waals surface area contributed by atoms with E-state index in [1.54, 1.807) is 11.3 Å². The molecule has 3 nitrogen and oxygen atoms in total. The van der Waals surface area contributed by atoms with Gasteiger partial charge in [-0.15, -0.1) is 11.3 Å². The first kappa shape index (κ1) is 12.3. The van der Waals surface area contributed by atoms with E-state index in [1.165, 1.54) is 4.70 Å². The van der Waals surface area contributed by atoms with Gasteiger partial charge in [-0.3, -0.25) is 4.98 Å². The van der Waals surface area contributed by atoms with Crippen molar-refractivity contribution in [1.82, 2.24) is 9.97 Å². The van der Waals surface area contributed by atoms with Gasteiger partial charge >= 0.3 is 0 Å². The second kappa shape index (κ2) is 5.07. The number of aromatic nitrogens is 2. The quantitative estimate of drug-likeness (QED) is 0.794. The molecule has 0 aliphatic heterocycles. The fourth-order valence-corrected chi connectivity index (χ4v) is 3.14. The topological polar surface area (TPSA) is 51.8 Å². The fourth-order valence-electron chi connectivity index (χ4n) is 2.11. The Hall–Kier alpha value is -1.78. The Morgan fingerprint density at radius 2 is 2.11 bits per heavy atom. The Morgan fingerprint density at radius 3 is 2.89 bits per heavy atom. The number of fused-ring (bicyclic) bond motifs is 1. The predicted octanol–water partition coefficient (Wildman–Crippen LogP) is 3.24. The van der Waals surface area contributed by atoms with Gasteiger partial charge in [0.25, 0.3) is 0 Å². The zero-order valence-corrected chi connectivity index (χ0v) is 11.5. The van der Waals surface area contributed by atoms with E-state index in [2.05, 4.69) is 16.0 Å². The van der Waals surface area contributed by atoms with E-state index >= 15 is 0 Å². The van der Waals surface area contributed by atoms with E-state index in [0.717, 1.165) is 28.2 Å². The van der Waals surface area contributed by atoms with Crippen LogP contribution in [-0.4, -0.2) is 9.97 Å². The lowest BCUT2D eigenvalue weighted by Gasteiger charge is -2.10. The van der Waals surface area contributed by atoms with Crippen molar-refractivity contribution in [1.29, 1.82) is 0 Å². The number of pyridine rings is 1. The number of hydrogen-bond acceptors (Lipinski definition) is 4. The van der Waals surface area contributed by atoms with Crippen molar-refractivity contribution in [3.05, 3.63) is 58.9 Å². The summed E-state index contributed by atoms with van der Waals surface area (Å²) in [5.41, 5.74) is 9.43. The van der Waals surface area contributed by atoms with Gasteiger partial charge in [-0.05, 0) is 36.8 Å². The average Bonchev–Trinajstić information content (AvgIpc) is 2.80. The van der Waals surface area contributed by atoms with E-state index in [0.29, 0.717) is 0 Å². The molecule has 0 amide bonds. The maximum absolute atomic E-state index is 6.26. The highest BCUT2D eigenvalue weighted by Crippen LogP contribution is 2.25. The van der Waals surface area contributed by atoms with Crippen LogP contribution in [0.25, 0.3) is 10.2 Å². The molecule has 19 heavy (non-hydrogen) atoms. The SMILES string of the molecule is Cc1cc(C(N)Cc2nc3ccccc3s2)ccn1. The number of nitrogens with zero attached hydrogens (tertiary/aromatic N) is 2. The highest BCUT2D eigenvalue weighted by atomic mass is 32.1. The van der Waals surface area contributed by atoms with Crippen LogP contribution in [0.1, 0.15) is 22.3 Å². The molecule has 0 bridgehead atoms. The summed E-state index contributed by atoms with van der Waals surface area (Å²) in [4.78, 5) is 8.82. The van der Waals surface area contributed by atoms with Crippen LogP contribution in [0, 0.1) is 6.92 Å². The molecule has 96 valence electrons. The van der Waals surface area contributed by atoms with Gasteiger partial charge in [0.2, 0.25) is 0 Å². The third kappa shape index (κ3) is 2.64. The van der Waals surface area contributed by atoms with Gasteiger partial charge in [0, 0.05) is 24.4 Å². The molecule has 0 saturated heterocycles. The lowest BCUT2D eigenvalue weighted by atomic mass is 10.1. The van der Waals surface area contributed by atoms with E-state index < -0.39 is 0 Å². The molecule has 1 aromatic carbocycles. The number of benzene rings is 1. The molecule has 2 heterocycles. The van der Waals surface area contributed by atoms with Crippen LogP contribution >= 0.6 is 11.3 Å². The fraction of sp³-hybridized carbons (Fsp3) is 0.200. The van der Waals surface area contributed by atoms with Gasteiger partial charge in [-0.2, -0.15) is 0 Å². The molecule has 3 aromatic rings. The zero-order chi connectivity index (χ0) is 13.2. The summed E-state index contributed by atoms with van der Waals surface area (Å²) in [6.45, 7) is 1.98. The minimum atomic E-state index is -0.0257. The summed E-state index contributed by atoms with van der Waals surface area (Å²) in [6, 6.07) is 12.2. The van der Waals surface area contributed by atoms with Crippen LogP contribution in [0.5, 0.6) is 0 Å². The number of hydrogen-bond donors (Lipinski definition) is 1. The van der Waals surface area contributed by atoms with E-state index in [4.69, 9.17) is 5.73 Å². The van der Waals surface area contributed by atoms with Crippen molar-refractivity contribution in [2.75, 3.05) is 0 Å². The van der Waals surface area contributed by atoms with Crippen LogP contribution < -0.4 is 5.73 Å². The highest BCUT2D eigenvalue weighted by molar-refractivity contribution is 7.18. The standard InChI is InChI=1S/C15H15N3S/c1-10-8-11(6-7-17-10)12(16)9-15-18-13-4-2-3-5-14(13)19-15/h2-8,12H,9,16H2,1H3. The molecule has 4 heteroatoms. The molecular weight excluding hydrogens is 254 g/mol. The Kier molecular flexibility index (Phi) is 3.27. The molecular formula is C15H15N3S. The third-order valence-corrected chi connectivity index (χ3v) is 4.14. The van der Waals surface area contributed by atoms with Gasteiger partial charge in [-0.25, -0.2) is 4.98 Å². The van der Waals surface area contributed by atoms with Crippen molar-refractivity contribution in [3.63, 3.8) is 0 Å². The highest BCUT2D eigenvalue weighted by Gasteiger charge is 2.11. The average molecular weight is 269 g/mol. The molecule has 0 aliphatic carbocycles. The van der Waals surface area contributed by atoms with E-state index in [1.807, 2.05) is 43.5 Å². The molecule has 0 fully saturated rings. The van der Waals surface area contributed by atoms with Crippen molar-refractivity contribution in [2.24, 2.45) is 5.73 Å².